The van der Waals surface area contributed by atoms with Crippen LogP contribution in [0.25, 0.3) is 0 Å². The Kier molecular flexibility index (Phi) is 2.31. The second-order valence-corrected chi connectivity index (χ2v) is 2.15. The summed E-state index contributed by atoms with van der Waals surface area (Å²) in [5.74, 6) is -0.672. The van der Waals surface area contributed by atoms with E-state index in [2.05, 4.69) is 0 Å². The summed E-state index contributed by atoms with van der Waals surface area (Å²) in [5, 5.41) is 17.2. The van der Waals surface area contributed by atoms with Gasteiger partial charge in [0, 0.05) is 5.46 Å². The molecule has 1 rings (SSSR count). The largest absolute Gasteiger partial charge is 0.491 e. The van der Waals surface area contributed by atoms with Crippen molar-refractivity contribution in [1.82, 2.24) is 0 Å². The Balaban J connectivity index is 3.13. The molecule has 0 aromatic heterocycles. The molecule has 1 aromatic rings. The fraction of sp³-hybridized carbons (Fsp3) is 0. The number of rotatable bonds is 1. The fourth-order valence-electron chi connectivity index (χ4n) is 0.760. The maximum Gasteiger partial charge on any atom is 0.491 e. The zero-order chi connectivity index (χ0) is 8.43. The molecule has 2 nitrogen and oxygen atoms in total. The lowest BCUT2D eigenvalue weighted by Gasteiger charge is -2.01. The standard InChI is InChI=1S/C6H5B2FO2/c7-4-1-2-6(9)5(3-4)8(10)11/h1-3,10-11H. The molecule has 0 unspecified atom stereocenters. The van der Waals surface area contributed by atoms with Crippen molar-refractivity contribution in [3.63, 3.8) is 0 Å². The molecule has 0 bridgehead atoms. The van der Waals surface area contributed by atoms with Gasteiger partial charge < -0.3 is 10.0 Å². The third-order valence-electron chi connectivity index (χ3n) is 1.30. The Morgan fingerprint density at radius 1 is 1.36 bits per heavy atom. The van der Waals surface area contributed by atoms with Crippen molar-refractivity contribution in [3.05, 3.63) is 24.0 Å². The highest BCUT2D eigenvalue weighted by Gasteiger charge is 2.15. The van der Waals surface area contributed by atoms with Gasteiger partial charge in [0.2, 0.25) is 0 Å². The molecule has 0 saturated heterocycles. The first-order chi connectivity index (χ1) is 5.11. The first kappa shape index (κ1) is 8.30. The lowest BCUT2D eigenvalue weighted by atomic mass is 9.77. The van der Waals surface area contributed by atoms with Gasteiger partial charge in [0.05, 0.1) is 0 Å². The molecule has 1 aromatic carbocycles. The van der Waals surface area contributed by atoms with E-state index in [1.54, 1.807) is 0 Å². The number of benzene rings is 1. The Hall–Kier alpha value is -0.800. The maximum atomic E-state index is 12.6. The summed E-state index contributed by atoms with van der Waals surface area (Å²) >= 11 is 0. The van der Waals surface area contributed by atoms with Crippen molar-refractivity contribution < 1.29 is 14.4 Å². The van der Waals surface area contributed by atoms with Gasteiger partial charge in [-0.2, -0.15) is 0 Å². The van der Waals surface area contributed by atoms with Crippen LogP contribution in [0.3, 0.4) is 0 Å². The quantitative estimate of drug-likeness (QED) is 0.468. The summed E-state index contributed by atoms with van der Waals surface area (Å²) in [7, 11) is 3.47. The summed E-state index contributed by atoms with van der Waals surface area (Å²) < 4.78 is 12.6. The molecule has 0 atom stereocenters. The van der Waals surface area contributed by atoms with Crippen LogP contribution in [0, 0.1) is 5.82 Å². The SMILES string of the molecule is [B]c1ccc(F)c(B(O)O)c1. The van der Waals surface area contributed by atoms with E-state index in [4.69, 9.17) is 17.9 Å². The lowest BCUT2D eigenvalue weighted by Crippen LogP contribution is -2.35. The summed E-state index contributed by atoms with van der Waals surface area (Å²) in [6, 6.07) is 3.62. The van der Waals surface area contributed by atoms with Gasteiger partial charge in [-0.25, -0.2) is 4.39 Å². The van der Waals surface area contributed by atoms with Gasteiger partial charge in [-0.3, -0.25) is 0 Å². The monoisotopic (exact) mass is 150 g/mol. The van der Waals surface area contributed by atoms with Crippen molar-refractivity contribution >= 4 is 25.9 Å². The van der Waals surface area contributed by atoms with E-state index in [0.717, 1.165) is 6.07 Å². The highest BCUT2D eigenvalue weighted by Crippen LogP contribution is 1.90. The molecule has 5 heteroatoms. The Morgan fingerprint density at radius 2 is 2.00 bits per heavy atom. The second kappa shape index (κ2) is 3.07. The summed E-state index contributed by atoms with van der Waals surface area (Å²) in [6.07, 6.45) is 0. The molecule has 0 amide bonds. The molecular formula is C6H5B2FO2. The van der Waals surface area contributed by atoms with Crippen LogP contribution >= 0.6 is 0 Å². The second-order valence-electron chi connectivity index (χ2n) is 2.15. The van der Waals surface area contributed by atoms with Crippen LogP contribution in [0.4, 0.5) is 4.39 Å². The molecule has 0 aliphatic rings. The average Bonchev–Trinajstić information content (AvgIpc) is 1.94. The Morgan fingerprint density at radius 3 is 2.45 bits per heavy atom. The van der Waals surface area contributed by atoms with Crippen molar-refractivity contribution in [2.45, 2.75) is 0 Å². The first-order valence-electron chi connectivity index (χ1n) is 3.02. The van der Waals surface area contributed by atoms with Crippen molar-refractivity contribution in [2.24, 2.45) is 0 Å². The van der Waals surface area contributed by atoms with Crippen LogP contribution in [0.15, 0.2) is 18.2 Å². The van der Waals surface area contributed by atoms with Crippen LogP contribution in [0.5, 0.6) is 0 Å². The van der Waals surface area contributed by atoms with E-state index in [0.29, 0.717) is 5.46 Å². The molecule has 2 radical (unpaired) electrons. The van der Waals surface area contributed by atoms with E-state index in [1.165, 1.54) is 12.1 Å². The van der Waals surface area contributed by atoms with Gasteiger partial charge in [0.1, 0.15) is 13.7 Å². The summed E-state index contributed by atoms with van der Waals surface area (Å²) in [6.45, 7) is 0. The molecule has 0 saturated carbocycles. The van der Waals surface area contributed by atoms with Gasteiger partial charge in [0.25, 0.3) is 0 Å². The first-order valence-corrected chi connectivity index (χ1v) is 3.02. The van der Waals surface area contributed by atoms with Crippen LogP contribution < -0.4 is 10.9 Å². The zero-order valence-corrected chi connectivity index (χ0v) is 5.66. The van der Waals surface area contributed by atoms with Crippen LogP contribution in [0.1, 0.15) is 0 Å². The van der Waals surface area contributed by atoms with E-state index in [1.807, 2.05) is 0 Å². The van der Waals surface area contributed by atoms with Crippen molar-refractivity contribution in [2.75, 3.05) is 0 Å². The van der Waals surface area contributed by atoms with Gasteiger partial charge in [-0.1, -0.05) is 17.6 Å². The molecule has 0 heterocycles. The van der Waals surface area contributed by atoms with Gasteiger partial charge in [0.15, 0.2) is 0 Å². The van der Waals surface area contributed by atoms with E-state index in [-0.39, 0.29) is 5.46 Å². The smallest absolute Gasteiger partial charge is 0.423 e. The minimum atomic E-state index is -1.81. The molecule has 0 fully saturated rings. The number of hydrogen-bond acceptors (Lipinski definition) is 2. The fourth-order valence-corrected chi connectivity index (χ4v) is 0.760. The van der Waals surface area contributed by atoms with E-state index >= 15 is 0 Å². The lowest BCUT2D eigenvalue weighted by molar-refractivity contribution is 0.423. The summed E-state index contributed by atoms with van der Waals surface area (Å²) in [4.78, 5) is 0. The maximum absolute atomic E-state index is 12.6. The predicted octanol–water partition coefficient (Wildman–Crippen LogP) is -1.70. The molecule has 54 valence electrons. The minimum Gasteiger partial charge on any atom is -0.423 e. The Bertz CT molecular complexity index is 265. The van der Waals surface area contributed by atoms with Crippen LogP contribution in [0.2, 0.25) is 0 Å². The third-order valence-corrected chi connectivity index (χ3v) is 1.30. The highest BCUT2D eigenvalue weighted by molar-refractivity contribution is 6.59. The van der Waals surface area contributed by atoms with Crippen molar-refractivity contribution in [3.8, 4) is 0 Å². The van der Waals surface area contributed by atoms with E-state index in [9.17, 15) is 4.39 Å². The number of hydrogen-bond donors (Lipinski definition) is 2. The van der Waals surface area contributed by atoms with Gasteiger partial charge in [-0.15, -0.1) is 0 Å². The molecule has 0 spiro atoms. The molecule has 2 N–H and O–H groups in total. The highest BCUT2D eigenvalue weighted by atomic mass is 19.1. The van der Waals surface area contributed by atoms with Crippen LogP contribution in [-0.4, -0.2) is 25.0 Å². The normalized spacial score (nSPS) is 9.73. The molecule has 0 aliphatic heterocycles. The zero-order valence-electron chi connectivity index (χ0n) is 5.66. The third kappa shape index (κ3) is 1.82. The predicted molar refractivity (Wildman–Crippen MR) is 41.6 cm³/mol. The van der Waals surface area contributed by atoms with E-state index < -0.39 is 12.9 Å². The summed E-state index contributed by atoms with van der Waals surface area (Å²) in [5.41, 5.74) is 0.0968. The topological polar surface area (TPSA) is 40.5 Å². The van der Waals surface area contributed by atoms with Gasteiger partial charge in [-0.05, 0) is 6.07 Å². The van der Waals surface area contributed by atoms with Crippen molar-refractivity contribution in [1.29, 1.82) is 0 Å². The molecular weight excluding hydrogens is 145 g/mol. The van der Waals surface area contributed by atoms with Crippen LogP contribution in [-0.2, 0) is 0 Å². The Labute approximate surface area is 65.2 Å². The van der Waals surface area contributed by atoms with Gasteiger partial charge >= 0.3 is 7.12 Å². The average molecular weight is 150 g/mol. The molecule has 11 heavy (non-hydrogen) atoms. The molecule has 0 aliphatic carbocycles. The number of halogens is 1. The minimum absolute atomic E-state index is 0.204.